The molecule has 8 rings (SSSR count). The number of likely N-dealkylation sites (tertiary alicyclic amines) is 1. The van der Waals surface area contributed by atoms with Crippen LogP contribution in [-0.2, 0) is 16.1 Å². The Bertz CT molecular complexity index is 2140. The third-order valence-corrected chi connectivity index (χ3v) is 11.0. The standard InChI is InChI=1S/C39H45N7O5/c1-20(2)35(45(4)39(48)49)38(47)46-17-22(18-50-5)11-32(46)37-42-29-9-7-23-13-28-26-8-6-24(31-16-41-36(43-31)30-10-21(3)15-40-30)12-25(26)19-51-33(28)14-27(23)34(29)44-37/h6-9,12-14,16,20-22,30,32,35,40H,10-11,15,17-19H2,1-5H3,(H,41,43)(H,42,44)(H,48,49). The Labute approximate surface area is 296 Å². The van der Waals surface area contributed by atoms with Gasteiger partial charge in [0.05, 0.1) is 41.6 Å². The summed E-state index contributed by atoms with van der Waals surface area (Å²) in [4.78, 5) is 45.7. The van der Waals surface area contributed by atoms with E-state index < -0.39 is 12.1 Å². The number of methoxy groups -OCH3 is 1. The zero-order chi connectivity index (χ0) is 35.6. The number of carbonyl (C=O) groups excluding carboxylic acids is 1. The summed E-state index contributed by atoms with van der Waals surface area (Å²) in [5, 5.41) is 15.3. The third kappa shape index (κ3) is 5.89. The fourth-order valence-electron chi connectivity index (χ4n) is 8.39. The molecule has 0 bridgehead atoms. The summed E-state index contributed by atoms with van der Waals surface area (Å²) < 4.78 is 11.9. The van der Waals surface area contributed by atoms with Gasteiger partial charge in [0, 0.05) is 37.6 Å². The lowest BCUT2D eigenvalue weighted by molar-refractivity contribution is -0.138. The molecule has 4 N–H and O–H groups in total. The van der Waals surface area contributed by atoms with Gasteiger partial charge < -0.3 is 34.8 Å². The summed E-state index contributed by atoms with van der Waals surface area (Å²) in [6, 6.07) is 14.0. The second-order valence-corrected chi connectivity index (χ2v) is 14.9. The molecule has 51 heavy (non-hydrogen) atoms. The zero-order valence-electron chi connectivity index (χ0n) is 29.7. The van der Waals surface area contributed by atoms with Gasteiger partial charge in [-0.15, -0.1) is 0 Å². The fourth-order valence-corrected chi connectivity index (χ4v) is 8.39. The minimum atomic E-state index is -1.13. The Hall–Kier alpha value is -4.94. The number of nitrogens with one attached hydrogen (secondary N) is 3. The summed E-state index contributed by atoms with van der Waals surface area (Å²) in [6.45, 7) is 8.44. The first kappa shape index (κ1) is 33.2. The van der Waals surface area contributed by atoms with Gasteiger partial charge in [-0.05, 0) is 77.6 Å². The monoisotopic (exact) mass is 691 g/mol. The maximum atomic E-state index is 14.0. The van der Waals surface area contributed by atoms with E-state index in [1.165, 1.54) is 7.05 Å². The molecule has 2 saturated heterocycles. The highest BCUT2D eigenvalue weighted by atomic mass is 16.5. The summed E-state index contributed by atoms with van der Waals surface area (Å²) in [6.07, 6.45) is 2.54. The number of rotatable bonds is 8. The van der Waals surface area contributed by atoms with Crippen LogP contribution in [0.25, 0.3) is 44.2 Å². The van der Waals surface area contributed by atoms with E-state index in [0.717, 1.165) is 79.2 Å². The number of carboxylic acid groups (broad SMARTS) is 1. The van der Waals surface area contributed by atoms with Crippen molar-refractivity contribution in [2.45, 2.75) is 58.3 Å². The molecule has 12 nitrogen and oxygen atoms in total. The van der Waals surface area contributed by atoms with Crippen molar-refractivity contribution in [3.8, 4) is 28.1 Å². The third-order valence-electron chi connectivity index (χ3n) is 11.0. The van der Waals surface area contributed by atoms with Gasteiger partial charge in [0.1, 0.15) is 30.0 Å². The first-order valence-corrected chi connectivity index (χ1v) is 17.9. The highest BCUT2D eigenvalue weighted by Crippen LogP contribution is 2.43. The van der Waals surface area contributed by atoms with Crippen molar-refractivity contribution >= 4 is 33.8 Å². The van der Waals surface area contributed by atoms with Crippen molar-refractivity contribution in [3.05, 3.63) is 65.9 Å². The maximum Gasteiger partial charge on any atom is 0.407 e. The lowest BCUT2D eigenvalue weighted by atomic mass is 9.92. The number of H-pyrrole nitrogens is 2. The van der Waals surface area contributed by atoms with Crippen LogP contribution in [0.15, 0.2) is 48.7 Å². The number of amides is 2. The van der Waals surface area contributed by atoms with Gasteiger partial charge in [-0.1, -0.05) is 39.0 Å². The predicted molar refractivity (Wildman–Crippen MR) is 194 cm³/mol. The van der Waals surface area contributed by atoms with Gasteiger partial charge >= 0.3 is 6.09 Å². The topological polar surface area (TPSA) is 149 Å². The molecule has 0 radical (unpaired) electrons. The molecule has 0 spiro atoms. The summed E-state index contributed by atoms with van der Waals surface area (Å²) in [7, 11) is 3.12. The minimum Gasteiger partial charge on any atom is -0.488 e. The molecule has 3 aromatic carbocycles. The Morgan fingerprint density at radius 1 is 1.10 bits per heavy atom. The van der Waals surface area contributed by atoms with Crippen molar-refractivity contribution in [3.63, 3.8) is 0 Å². The number of likely N-dealkylation sites (N-methyl/N-ethyl adjacent to an activating group) is 1. The second-order valence-electron chi connectivity index (χ2n) is 14.9. The normalized spacial score (nSPS) is 22.0. The van der Waals surface area contributed by atoms with Crippen molar-refractivity contribution in [1.82, 2.24) is 35.1 Å². The molecular formula is C39H45N7O5. The van der Waals surface area contributed by atoms with Crippen molar-refractivity contribution in [2.75, 3.05) is 33.9 Å². The van der Waals surface area contributed by atoms with Crippen molar-refractivity contribution < 1.29 is 24.2 Å². The van der Waals surface area contributed by atoms with Gasteiger partial charge in [-0.2, -0.15) is 0 Å². The molecule has 2 fully saturated rings. The van der Waals surface area contributed by atoms with Crippen molar-refractivity contribution in [2.24, 2.45) is 17.8 Å². The molecule has 5 atom stereocenters. The Kier molecular flexibility index (Phi) is 8.46. The van der Waals surface area contributed by atoms with Crippen LogP contribution < -0.4 is 10.1 Å². The van der Waals surface area contributed by atoms with E-state index in [9.17, 15) is 14.7 Å². The molecule has 2 aromatic heterocycles. The number of fused-ring (bicyclic) bond motifs is 6. The van der Waals surface area contributed by atoms with Crippen LogP contribution in [0, 0.1) is 17.8 Å². The van der Waals surface area contributed by atoms with Crippen LogP contribution in [-0.4, -0.2) is 86.7 Å². The summed E-state index contributed by atoms with van der Waals surface area (Å²) >= 11 is 0. The number of aromatic nitrogens is 4. The molecule has 0 aliphatic carbocycles. The molecule has 3 aliphatic rings. The maximum absolute atomic E-state index is 14.0. The number of ether oxygens (including phenoxy) is 2. The number of aromatic amines is 2. The number of nitrogens with zero attached hydrogens (tertiary/aromatic N) is 4. The van der Waals surface area contributed by atoms with E-state index >= 15 is 0 Å². The van der Waals surface area contributed by atoms with Crippen LogP contribution in [0.2, 0.25) is 0 Å². The van der Waals surface area contributed by atoms with E-state index in [1.807, 2.05) is 26.1 Å². The fraction of sp³-hybridized carbons (Fsp3) is 0.436. The van der Waals surface area contributed by atoms with Crippen LogP contribution >= 0.6 is 0 Å². The van der Waals surface area contributed by atoms with Gasteiger partial charge in [0.25, 0.3) is 0 Å². The first-order chi connectivity index (χ1) is 24.6. The molecule has 0 saturated carbocycles. The molecule has 5 aromatic rings. The van der Waals surface area contributed by atoms with Crippen LogP contribution in [0.5, 0.6) is 5.75 Å². The van der Waals surface area contributed by atoms with Gasteiger partial charge in [-0.25, -0.2) is 14.8 Å². The Morgan fingerprint density at radius 2 is 1.94 bits per heavy atom. The summed E-state index contributed by atoms with van der Waals surface area (Å²) in [5.41, 5.74) is 7.07. The van der Waals surface area contributed by atoms with Crippen LogP contribution in [0.1, 0.15) is 62.9 Å². The average molecular weight is 692 g/mol. The molecule has 12 heteroatoms. The molecular weight excluding hydrogens is 646 g/mol. The summed E-state index contributed by atoms with van der Waals surface area (Å²) in [5.74, 6) is 2.80. The number of carbonyl (C=O) groups is 2. The predicted octanol–water partition coefficient (Wildman–Crippen LogP) is 6.51. The van der Waals surface area contributed by atoms with E-state index in [4.69, 9.17) is 14.5 Å². The minimum absolute atomic E-state index is 0.0984. The average Bonchev–Trinajstić information content (AvgIpc) is 3.93. The van der Waals surface area contributed by atoms with E-state index in [0.29, 0.717) is 37.9 Å². The van der Waals surface area contributed by atoms with Gasteiger partial charge in [0.2, 0.25) is 5.91 Å². The SMILES string of the molecule is COCC1CC(c2nc3ccc4cc5c(cc4c3[nH]2)OCc2cc(-c3cnc(C4CC(C)CN4)[nH]3)ccc2-5)N(C(=O)C(C(C)C)N(C)C(=O)O)C1. The van der Waals surface area contributed by atoms with Crippen LogP contribution in [0.3, 0.4) is 0 Å². The highest BCUT2D eigenvalue weighted by Gasteiger charge is 2.43. The zero-order valence-corrected chi connectivity index (χ0v) is 29.7. The Balaban J connectivity index is 1.11. The van der Waals surface area contributed by atoms with Crippen molar-refractivity contribution in [1.29, 1.82) is 0 Å². The molecule has 266 valence electrons. The molecule has 3 aliphatic heterocycles. The lowest BCUT2D eigenvalue weighted by Crippen LogP contribution is -2.51. The number of imidazole rings is 2. The molecule has 5 heterocycles. The number of hydrogen-bond acceptors (Lipinski definition) is 7. The molecule has 5 unspecified atom stereocenters. The highest BCUT2D eigenvalue weighted by molar-refractivity contribution is 6.07. The largest absolute Gasteiger partial charge is 0.488 e. The van der Waals surface area contributed by atoms with E-state index in [1.54, 1.807) is 12.0 Å². The first-order valence-electron chi connectivity index (χ1n) is 17.9. The smallest absolute Gasteiger partial charge is 0.407 e. The number of hydrogen-bond donors (Lipinski definition) is 4. The number of benzene rings is 3. The Morgan fingerprint density at radius 3 is 2.69 bits per heavy atom. The quantitative estimate of drug-likeness (QED) is 0.144. The second kappa shape index (κ2) is 13.0. The molecule has 2 amide bonds. The lowest BCUT2D eigenvalue weighted by Gasteiger charge is -2.33. The van der Waals surface area contributed by atoms with E-state index in [-0.39, 0.29) is 29.8 Å². The van der Waals surface area contributed by atoms with E-state index in [2.05, 4.69) is 63.6 Å². The van der Waals surface area contributed by atoms with Gasteiger partial charge in [0.15, 0.2) is 0 Å². The van der Waals surface area contributed by atoms with Crippen LogP contribution in [0.4, 0.5) is 4.79 Å². The van der Waals surface area contributed by atoms with Gasteiger partial charge in [-0.3, -0.25) is 9.69 Å².